The topological polar surface area (TPSA) is 104 Å². The average Bonchev–Trinajstić information content (AvgIpc) is 2.64. The van der Waals surface area contributed by atoms with Crippen LogP contribution in [-0.4, -0.2) is 43.2 Å². The third-order valence-corrected chi connectivity index (χ3v) is 3.78. The number of carbonyl (C=O) groups is 2. The van der Waals surface area contributed by atoms with Crippen molar-refractivity contribution in [3.05, 3.63) is 36.0 Å². The first-order valence-electron chi connectivity index (χ1n) is 7.73. The number of nitrogens with zero attached hydrogens (tertiary/aromatic N) is 1. The molecule has 164 valence electrons. The second-order valence-corrected chi connectivity index (χ2v) is 10.5. The summed E-state index contributed by atoms with van der Waals surface area (Å²) in [5.74, 6) is -0.260. The van der Waals surface area contributed by atoms with Crippen LogP contribution in [-0.2, 0) is 14.2 Å². The maximum Gasteiger partial charge on any atom is 0.514 e. The summed E-state index contributed by atoms with van der Waals surface area (Å²) in [6.07, 6.45) is -3.13. The maximum atomic E-state index is 12.0. The van der Waals surface area contributed by atoms with Gasteiger partial charge in [0.05, 0.1) is 5.56 Å². The Labute approximate surface area is 199 Å². The van der Waals surface area contributed by atoms with Gasteiger partial charge in [-0.15, -0.1) is 0 Å². The molecule has 0 saturated carbocycles. The van der Waals surface area contributed by atoms with E-state index >= 15 is 0 Å². The van der Waals surface area contributed by atoms with Gasteiger partial charge < -0.3 is 24.1 Å². The number of ether oxygens (including phenoxy) is 4. The highest BCUT2D eigenvalue weighted by Crippen LogP contribution is 2.34. The molecule has 0 bridgehead atoms. The normalized spacial score (nSPS) is 12.9. The van der Waals surface area contributed by atoms with Gasteiger partial charge in [-0.3, -0.25) is 4.98 Å². The molecule has 1 atom stereocenters. The van der Waals surface area contributed by atoms with Crippen molar-refractivity contribution in [2.45, 2.75) is 13.9 Å². The van der Waals surface area contributed by atoms with Crippen LogP contribution < -0.4 is 4.74 Å². The van der Waals surface area contributed by atoms with E-state index in [0.29, 0.717) is 5.39 Å². The molecule has 0 fully saturated rings. The van der Waals surface area contributed by atoms with Crippen molar-refractivity contribution >= 4 is 92.8 Å². The van der Waals surface area contributed by atoms with Crippen molar-refractivity contribution in [1.82, 2.24) is 4.98 Å². The number of pyridine rings is 1. The number of hydrogen-bond acceptors (Lipinski definition) is 8. The van der Waals surface area contributed by atoms with Gasteiger partial charge in [-0.2, -0.15) is 0 Å². The van der Waals surface area contributed by atoms with Gasteiger partial charge in [0, 0.05) is 11.6 Å². The van der Waals surface area contributed by atoms with Crippen LogP contribution in [0.15, 0.2) is 30.5 Å². The van der Waals surface area contributed by atoms with E-state index in [0.717, 1.165) is 0 Å². The van der Waals surface area contributed by atoms with Crippen LogP contribution in [0.25, 0.3) is 10.9 Å². The Bertz CT molecular complexity index is 915. The summed E-state index contributed by atoms with van der Waals surface area (Å²) in [4.78, 5) is 27.8. The van der Waals surface area contributed by atoms with Gasteiger partial charge in [0.1, 0.15) is 18.7 Å². The van der Waals surface area contributed by atoms with E-state index in [-0.39, 0.29) is 16.8 Å². The summed E-state index contributed by atoms with van der Waals surface area (Å²) in [7, 11) is 0. The van der Waals surface area contributed by atoms with Gasteiger partial charge >= 0.3 is 12.3 Å². The van der Waals surface area contributed by atoms with Crippen molar-refractivity contribution in [1.29, 1.82) is 0 Å². The van der Waals surface area contributed by atoms with E-state index in [1.165, 1.54) is 18.3 Å². The molecule has 0 aliphatic rings. The van der Waals surface area contributed by atoms with Crippen molar-refractivity contribution < 1.29 is 33.6 Å². The summed E-state index contributed by atoms with van der Waals surface area (Å²) in [5.41, 5.74) is -0.00369. The summed E-state index contributed by atoms with van der Waals surface area (Å²) in [6.45, 7) is -1.23. The third-order valence-electron chi connectivity index (χ3n) is 3.13. The Morgan fingerprint density at radius 2 is 1.57 bits per heavy atom. The highest BCUT2D eigenvalue weighted by molar-refractivity contribution is 6.68. The van der Waals surface area contributed by atoms with Gasteiger partial charge in [-0.05, 0) is 12.1 Å². The molecule has 30 heavy (non-hydrogen) atoms. The lowest BCUT2D eigenvalue weighted by molar-refractivity contribution is -0.0834. The van der Waals surface area contributed by atoms with E-state index in [4.69, 9.17) is 83.8 Å². The first-order valence-corrected chi connectivity index (χ1v) is 10.00. The zero-order chi connectivity index (χ0) is 22.5. The van der Waals surface area contributed by atoms with E-state index in [1.807, 2.05) is 0 Å². The first-order chi connectivity index (χ1) is 13.9. The number of halogens is 6. The van der Waals surface area contributed by atoms with Crippen LogP contribution in [0.3, 0.4) is 0 Å². The molecule has 0 saturated heterocycles. The smallest absolute Gasteiger partial charge is 0.430 e. The molecule has 1 aromatic heterocycles. The molecule has 2 rings (SSSR count). The minimum Gasteiger partial charge on any atom is -0.430 e. The molecule has 0 spiro atoms. The summed E-state index contributed by atoms with van der Waals surface area (Å²) in [5, 5.41) is 10.8. The molecule has 1 heterocycles. The van der Waals surface area contributed by atoms with Crippen molar-refractivity contribution in [2.75, 3.05) is 13.2 Å². The Morgan fingerprint density at radius 3 is 2.17 bits per heavy atom. The SMILES string of the molecule is O=C(OCC(Cl)(Cl)Cl)Oc1c(C(O)OC(=O)OCC(Cl)(Cl)Cl)ccc2cccnc12. The zero-order valence-electron chi connectivity index (χ0n) is 14.5. The van der Waals surface area contributed by atoms with Gasteiger partial charge in [0.25, 0.3) is 0 Å². The van der Waals surface area contributed by atoms with Gasteiger partial charge in [0.15, 0.2) is 5.75 Å². The van der Waals surface area contributed by atoms with Gasteiger partial charge in [-0.25, -0.2) is 9.59 Å². The van der Waals surface area contributed by atoms with E-state index in [2.05, 4.69) is 9.72 Å². The van der Waals surface area contributed by atoms with E-state index in [9.17, 15) is 14.7 Å². The molecule has 2 aromatic rings. The number of rotatable bonds is 5. The van der Waals surface area contributed by atoms with E-state index < -0.39 is 39.4 Å². The van der Waals surface area contributed by atoms with Crippen molar-refractivity contribution in [2.24, 2.45) is 0 Å². The monoisotopic (exact) mass is 539 g/mol. The fourth-order valence-corrected chi connectivity index (χ4v) is 2.35. The molecule has 0 aliphatic carbocycles. The minimum absolute atomic E-state index is 0.151. The molecular formula is C16H11Cl6NO7. The van der Waals surface area contributed by atoms with Crippen LogP contribution in [0.2, 0.25) is 0 Å². The number of hydrogen-bond donors (Lipinski definition) is 1. The number of alkyl halides is 6. The Morgan fingerprint density at radius 1 is 0.967 bits per heavy atom. The second kappa shape index (κ2) is 10.5. The molecule has 14 heteroatoms. The van der Waals surface area contributed by atoms with Gasteiger partial charge in [0.2, 0.25) is 13.9 Å². The Kier molecular flexibility index (Phi) is 8.76. The highest BCUT2D eigenvalue weighted by Gasteiger charge is 2.28. The lowest BCUT2D eigenvalue weighted by Gasteiger charge is -2.18. The van der Waals surface area contributed by atoms with Crippen molar-refractivity contribution in [3.63, 3.8) is 0 Å². The number of aliphatic hydroxyl groups excluding tert-OH is 1. The standard InChI is InChI=1S/C16H11Cl6NO7/c17-15(18,19)6-27-13(25)29-11-9(4-3-8-2-1-5-23-10(8)11)12(24)30-14(26)28-7-16(20,21)22/h1-5,12,24H,6-7H2. The van der Waals surface area contributed by atoms with Crippen LogP contribution in [0.5, 0.6) is 5.75 Å². The van der Waals surface area contributed by atoms with Crippen LogP contribution in [0, 0.1) is 0 Å². The number of aliphatic hydroxyl groups is 1. The summed E-state index contributed by atoms with van der Waals surface area (Å²) < 4.78 is 15.4. The van der Waals surface area contributed by atoms with Crippen molar-refractivity contribution in [3.8, 4) is 5.75 Å². The molecule has 1 aromatic carbocycles. The molecule has 1 N–H and O–H groups in total. The Hall–Kier alpha value is -1.13. The quantitative estimate of drug-likeness (QED) is 0.225. The van der Waals surface area contributed by atoms with Crippen LogP contribution >= 0.6 is 69.6 Å². The number of benzene rings is 1. The summed E-state index contributed by atoms with van der Waals surface area (Å²) >= 11 is 33.0. The maximum absolute atomic E-state index is 12.0. The second-order valence-electron chi connectivity index (χ2n) is 5.44. The largest absolute Gasteiger partial charge is 0.514 e. The molecule has 0 radical (unpaired) electrons. The average molecular weight is 542 g/mol. The van der Waals surface area contributed by atoms with Crippen LogP contribution in [0.4, 0.5) is 9.59 Å². The number of fused-ring (bicyclic) bond motifs is 1. The molecule has 0 aliphatic heterocycles. The minimum atomic E-state index is -1.93. The van der Waals surface area contributed by atoms with E-state index in [1.54, 1.807) is 12.1 Å². The predicted octanol–water partition coefficient (Wildman–Crippen LogP) is 5.63. The lowest BCUT2D eigenvalue weighted by atomic mass is 10.1. The molecule has 8 nitrogen and oxygen atoms in total. The highest BCUT2D eigenvalue weighted by atomic mass is 35.6. The fraction of sp³-hybridized carbons (Fsp3) is 0.312. The fourth-order valence-electron chi connectivity index (χ4n) is 2.02. The Balaban J connectivity index is 2.25. The molecular weight excluding hydrogens is 531 g/mol. The number of carbonyl (C=O) groups excluding carboxylic acids is 2. The molecule has 0 amide bonds. The first kappa shape index (κ1) is 25.1. The van der Waals surface area contributed by atoms with Gasteiger partial charge in [-0.1, -0.05) is 81.7 Å². The third kappa shape index (κ3) is 8.19. The molecule has 1 unspecified atom stereocenters. The predicted molar refractivity (Wildman–Crippen MR) is 112 cm³/mol. The number of aromatic nitrogens is 1. The lowest BCUT2D eigenvalue weighted by Crippen LogP contribution is -2.22. The zero-order valence-corrected chi connectivity index (χ0v) is 19.0. The summed E-state index contributed by atoms with van der Waals surface area (Å²) in [6, 6.07) is 6.16. The van der Waals surface area contributed by atoms with Crippen LogP contribution in [0.1, 0.15) is 11.9 Å².